The average Bonchev–Trinajstić information content (AvgIpc) is 3.38. The first-order valence-corrected chi connectivity index (χ1v) is 12.2. The van der Waals surface area contributed by atoms with Crippen molar-refractivity contribution in [1.82, 2.24) is 9.88 Å². The van der Waals surface area contributed by atoms with Crippen molar-refractivity contribution in [3.63, 3.8) is 0 Å². The zero-order chi connectivity index (χ0) is 25.0. The van der Waals surface area contributed by atoms with Gasteiger partial charge in [-0.25, -0.2) is 9.18 Å². The van der Waals surface area contributed by atoms with Crippen molar-refractivity contribution >= 4 is 45.8 Å². The number of hydrogen-bond acceptors (Lipinski definition) is 4. The first kappa shape index (κ1) is 22.4. The van der Waals surface area contributed by atoms with Crippen LogP contribution in [0.4, 0.5) is 10.1 Å². The molecule has 6 nitrogen and oxygen atoms in total. The summed E-state index contributed by atoms with van der Waals surface area (Å²) in [5.74, 6) is -0.878. The number of para-hydroxylation sites is 1. The summed E-state index contributed by atoms with van der Waals surface area (Å²) in [6.45, 7) is 2.03. The molecule has 3 heterocycles. The number of nitrogens with zero attached hydrogens (tertiary/aromatic N) is 2. The van der Waals surface area contributed by atoms with E-state index in [2.05, 4.69) is 4.98 Å². The van der Waals surface area contributed by atoms with E-state index in [0.29, 0.717) is 22.8 Å². The molecule has 0 saturated carbocycles. The van der Waals surface area contributed by atoms with Gasteiger partial charge in [0, 0.05) is 23.0 Å². The van der Waals surface area contributed by atoms with Crippen molar-refractivity contribution < 1.29 is 18.7 Å². The lowest BCUT2D eigenvalue weighted by Gasteiger charge is -2.37. The highest BCUT2D eigenvalue weighted by atomic mass is 32.1. The molecule has 0 bridgehead atoms. The number of thiocarbonyl (C=S) groups is 1. The number of ether oxygens (including phenoxy) is 1. The Kier molecular flexibility index (Phi) is 5.34. The number of hydrogen-bond donors (Lipinski definition) is 1. The molecule has 0 spiro atoms. The van der Waals surface area contributed by atoms with Gasteiger partial charge in [0.05, 0.1) is 23.9 Å². The van der Waals surface area contributed by atoms with Gasteiger partial charge < -0.3 is 14.6 Å². The molecule has 0 aliphatic carbocycles. The topological polar surface area (TPSA) is 65.6 Å². The number of anilines is 1. The van der Waals surface area contributed by atoms with Crippen LogP contribution in [0.15, 0.2) is 72.8 Å². The molecule has 0 unspecified atom stereocenters. The van der Waals surface area contributed by atoms with Gasteiger partial charge in [0.1, 0.15) is 11.9 Å². The SMILES string of the molecule is CCOC(=O)c1ccc(N2C(=O)[C@@H]3Cc4c([nH]c5ccccc45)[C@H](c4ccc(F)cc4)N3C2=S)cc1. The second-order valence-corrected chi connectivity index (χ2v) is 9.23. The summed E-state index contributed by atoms with van der Waals surface area (Å²) in [6, 6.07) is 20.1. The fourth-order valence-electron chi connectivity index (χ4n) is 5.26. The number of esters is 1. The predicted octanol–water partition coefficient (Wildman–Crippen LogP) is 5.13. The minimum Gasteiger partial charge on any atom is -0.462 e. The molecule has 4 aromatic rings. The van der Waals surface area contributed by atoms with Crippen LogP contribution in [-0.2, 0) is 16.0 Å². The Morgan fingerprint density at radius 1 is 1.08 bits per heavy atom. The van der Waals surface area contributed by atoms with E-state index in [0.717, 1.165) is 27.7 Å². The molecule has 2 atom stereocenters. The fraction of sp³-hybridized carbons (Fsp3) is 0.179. The summed E-state index contributed by atoms with van der Waals surface area (Å²) in [4.78, 5) is 32.9. The van der Waals surface area contributed by atoms with Gasteiger partial charge in [-0.15, -0.1) is 0 Å². The smallest absolute Gasteiger partial charge is 0.338 e. The first-order valence-electron chi connectivity index (χ1n) is 11.8. The third-order valence-corrected chi connectivity index (χ3v) is 7.26. The van der Waals surface area contributed by atoms with Gasteiger partial charge in [-0.3, -0.25) is 9.69 Å². The molecule has 180 valence electrons. The second kappa shape index (κ2) is 8.57. The van der Waals surface area contributed by atoms with Crippen LogP contribution in [0.2, 0.25) is 0 Å². The molecule has 6 rings (SSSR count). The van der Waals surface area contributed by atoms with Crippen LogP contribution in [0.5, 0.6) is 0 Å². The number of rotatable bonds is 4. The average molecular weight is 500 g/mol. The molecular weight excluding hydrogens is 477 g/mol. The van der Waals surface area contributed by atoms with Crippen LogP contribution in [0.25, 0.3) is 10.9 Å². The highest BCUT2D eigenvalue weighted by Crippen LogP contribution is 2.45. The number of carbonyl (C=O) groups excluding carboxylic acids is 2. The Hall–Kier alpha value is -4.04. The summed E-state index contributed by atoms with van der Waals surface area (Å²) in [5, 5.41) is 1.43. The minimum absolute atomic E-state index is 0.132. The van der Waals surface area contributed by atoms with Gasteiger partial charge in [-0.1, -0.05) is 30.3 Å². The molecule has 3 aromatic carbocycles. The molecule has 0 radical (unpaired) electrons. The van der Waals surface area contributed by atoms with E-state index in [-0.39, 0.29) is 24.4 Å². The Morgan fingerprint density at radius 3 is 2.53 bits per heavy atom. The van der Waals surface area contributed by atoms with Gasteiger partial charge in [0.2, 0.25) is 0 Å². The van der Waals surface area contributed by atoms with Crippen LogP contribution in [0, 0.1) is 5.82 Å². The summed E-state index contributed by atoms with van der Waals surface area (Å²) >= 11 is 5.89. The molecule has 1 saturated heterocycles. The fourth-order valence-corrected chi connectivity index (χ4v) is 5.69. The zero-order valence-corrected chi connectivity index (χ0v) is 20.2. The van der Waals surface area contributed by atoms with Crippen molar-refractivity contribution in [3.05, 3.63) is 101 Å². The van der Waals surface area contributed by atoms with Gasteiger partial charge in [-0.2, -0.15) is 0 Å². The first-order chi connectivity index (χ1) is 17.5. The van der Waals surface area contributed by atoms with Crippen LogP contribution in [-0.4, -0.2) is 39.5 Å². The standard InChI is InChI=1S/C28H22FN3O3S/c1-2-35-27(34)17-9-13-19(14-10-17)31-26(33)23-15-21-20-5-3-4-6-22(20)30-24(21)25(32(23)28(31)36)16-7-11-18(29)12-8-16/h3-14,23,25,30H,2,15H2,1H3/t23-,25-/m0/s1. The molecule has 2 aliphatic heterocycles. The van der Waals surface area contributed by atoms with Crippen LogP contribution >= 0.6 is 12.2 Å². The van der Waals surface area contributed by atoms with Crippen molar-refractivity contribution in [2.24, 2.45) is 0 Å². The molecule has 36 heavy (non-hydrogen) atoms. The number of carbonyl (C=O) groups is 2. The van der Waals surface area contributed by atoms with E-state index in [9.17, 15) is 14.0 Å². The molecule has 2 aliphatic rings. The predicted molar refractivity (Wildman–Crippen MR) is 138 cm³/mol. The number of H-pyrrole nitrogens is 1. The lowest BCUT2D eigenvalue weighted by molar-refractivity contribution is -0.120. The quantitative estimate of drug-likeness (QED) is 0.312. The van der Waals surface area contributed by atoms with E-state index < -0.39 is 12.0 Å². The van der Waals surface area contributed by atoms with Crippen molar-refractivity contribution in [1.29, 1.82) is 0 Å². The minimum atomic E-state index is -0.510. The van der Waals surface area contributed by atoms with E-state index in [1.54, 1.807) is 43.3 Å². The summed E-state index contributed by atoms with van der Waals surface area (Å²) < 4.78 is 18.9. The van der Waals surface area contributed by atoms with Crippen molar-refractivity contribution in [3.8, 4) is 0 Å². The number of aromatic nitrogens is 1. The normalized spacial score (nSPS) is 18.9. The number of fused-ring (bicyclic) bond motifs is 4. The van der Waals surface area contributed by atoms with E-state index in [4.69, 9.17) is 17.0 Å². The number of benzene rings is 3. The third-order valence-electron chi connectivity index (χ3n) is 6.87. The van der Waals surface area contributed by atoms with Gasteiger partial charge >= 0.3 is 5.97 Å². The van der Waals surface area contributed by atoms with E-state index in [1.807, 2.05) is 29.2 Å². The summed E-state index contributed by atoms with van der Waals surface area (Å²) in [7, 11) is 0. The van der Waals surface area contributed by atoms with Crippen LogP contribution in [0.1, 0.15) is 40.1 Å². The maximum absolute atomic E-state index is 13.8. The molecule has 1 amide bonds. The van der Waals surface area contributed by atoms with E-state index in [1.165, 1.54) is 17.0 Å². The maximum atomic E-state index is 13.8. The number of aromatic amines is 1. The van der Waals surface area contributed by atoms with Gasteiger partial charge in [0.25, 0.3) is 5.91 Å². The van der Waals surface area contributed by atoms with Crippen LogP contribution in [0.3, 0.4) is 0 Å². The van der Waals surface area contributed by atoms with Gasteiger partial charge in [-0.05, 0) is 72.7 Å². The molecule has 1 aromatic heterocycles. The van der Waals surface area contributed by atoms with Crippen molar-refractivity contribution in [2.45, 2.75) is 25.4 Å². The number of nitrogens with one attached hydrogen (secondary N) is 1. The van der Waals surface area contributed by atoms with Crippen LogP contribution < -0.4 is 4.90 Å². The largest absolute Gasteiger partial charge is 0.462 e. The Labute approximate surface area is 212 Å². The lowest BCUT2D eigenvalue weighted by atomic mass is 9.89. The molecule has 1 N–H and O–H groups in total. The Balaban J connectivity index is 1.44. The molecule has 1 fully saturated rings. The maximum Gasteiger partial charge on any atom is 0.338 e. The Morgan fingerprint density at radius 2 is 1.81 bits per heavy atom. The summed E-state index contributed by atoms with van der Waals surface area (Å²) in [5.41, 5.74) is 4.83. The van der Waals surface area contributed by atoms with Gasteiger partial charge in [0.15, 0.2) is 5.11 Å². The molecular formula is C28H22FN3O3S. The third kappa shape index (κ3) is 3.40. The monoisotopic (exact) mass is 499 g/mol. The highest BCUT2D eigenvalue weighted by molar-refractivity contribution is 7.80. The number of amides is 1. The van der Waals surface area contributed by atoms with Crippen molar-refractivity contribution in [2.75, 3.05) is 11.5 Å². The highest BCUT2D eigenvalue weighted by Gasteiger charge is 2.51. The summed E-state index contributed by atoms with van der Waals surface area (Å²) in [6.07, 6.45) is 0.493. The van der Waals surface area contributed by atoms with E-state index >= 15 is 0 Å². The number of halogens is 1. The zero-order valence-electron chi connectivity index (χ0n) is 19.4. The lowest BCUT2D eigenvalue weighted by Crippen LogP contribution is -2.44. The second-order valence-electron chi connectivity index (χ2n) is 8.87. The molecule has 8 heteroatoms. The Bertz CT molecular complexity index is 1510.